The predicted molar refractivity (Wildman–Crippen MR) is 42.1 cm³/mol. The van der Waals surface area contributed by atoms with Crippen LogP contribution in [0.2, 0.25) is 0 Å². The van der Waals surface area contributed by atoms with Crippen molar-refractivity contribution in [1.82, 2.24) is 4.98 Å². The molecule has 1 rings (SSSR count). The topological polar surface area (TPSA) is 53.1 Å². The van der Waals surface area contributed by atoms with E-state index in [0.29, 0.717) is 5.57 Å². The zero-order valence-electron chi connectivity index (χ0n) is 6.16. The minimum Gasteiger partial charge on any atom is -0.478 e. The molecule has 0 fully saturated rings. The molecule has 0 aliphatic carbocycles. The molecule has 2 N–H and O–H groups in total. The first-order chi connectivity index (χ1) is 5.20. The number of rotatable bonds is 2. The minimum atomic E-state index is -0.883. The quantitative estimate of drug-likeness (QED) is 0.629. The van der Waals surface area contributed by atoms with Crippen molar-refractivity contribution in [2.75, 3.05) is 0 Å². The van der Waals surface area contributed by atoms with Gasteiger partial charge in [0.1, 0.15) is 0 Å². The van der Waals surface area contributed by atoms with Crippen molar-refractivity contribution in [2.45, 2.75) is 6.92 Å². The van der Waals surface area contributed by atoms with E-state index in [-0.39, 0.29) is 0 Å². The van der Waals surface area contributed by atoms with Gasteiger partial charge in [-0.25, -0.2) is 4.79 Å². The van der Waals surface area contributed by atoms with Gasteiger partial charge in [0.2, 0.25) is 0 Å². The molecule has 0 bridgehead atoms. The minimum absolute atomic E-state index is 0.338. The summed E-state index contributed by atoms with van der Waals surface area (Å²) >= 11 is 0. The van der Waals surface area contributed by atoms with E-state index in [9.17, 15) is 4.79 Å². The molecule has 1 heterocycles. The number of carbonyl (C=O) groups is 1. The molecule has 11 heavy (non-hydrogen) atoms. The molecule has 0 aliphatic heterocycles. The Kier molecular flexibility index (Phi) is 2.11. The molecule has 0 radical (unpaired) electrons. The summed E-state index contributed by atoms with van der Waals surface area (Å²) in [6.07, 6.45) is 5.10. The molecule has 0 unspecified atom stereocenters. The molecule has 0 saturated carbocycles. The Morgan fingerprint density at radius 2 is 2.45 bits per heavy atom. The number of carboxylic acid groups (broad SMARTS) is 1. The van der Waals surface area contributed by atoms with Gasteiger partial charge >= 0.3 is 5.97 Å². The maximum Gasteiger partial charge on any atom is 0.331 e. The maximum atomic E-state index is 10.3. The van der Waals surface area contributed by atoms with Gasteiger partial charge in [0, 0.05) is 18.0 Å². The van der Waals surface area contributed by atoms with Gasteiger partial charge in [-0.05, 0) is 24.6 Å². The lowest BCUT2D eigenvalue weighted by atomic mass is 10.2. The SMILES string of the molecule is CC(=Cc1cc[nH]c1)C(=O)O. The zero-order chi connectivity index (χ0) is 8.27. The van der Waals surface area contributed by atoms with Crippen LogP contribution in [-0.2, 0) is 4.79 Å². The molecule has 58 valence electrons. The van der Waals surface area contributed by atoms with Crippen LogP contribution >= 0.6 is 0 Å². The van der Waals surface area contributed by atoms with E-state index in [1.807, 2.05) is 6.07 Å². The van der Waals surface area contributed by atoms with Crippen molar-refractivity contribution in [3.63, 3.8) is 0 Å². The second-order valence-electron chi connectivity index (χ2n) is 2.28. The fourth-order valence-corrected chi connectivity index (χ4v) is 0.738. The van der Waals surface area contributed by atoms with Crippen LogP contribution in [0.5, 0.6) is 0 Å². The molecular weight excluding hydrogens is 142 g/mol. The lowest BCUT2D eigenvalue weighted by Gasteiger charge is -1.89. The number of nitrogens with one attached hydrogen (secondary N) is 1. The molecule has 3 heteroatoms. The van der Waals surface area contributed by atoms with Crippen LogP contribution in [-0.4, -0.2) is 16.1 Å². The third kappa shape index (κ3) is 1.97. The van der Waals surface area contributed by atoms with Crippen LogP contribution in [0, 0.1) is 0 Å². The molecule has 1 aromatic rings. The van der Waals surface area contributed by atoms with Crippen LogP contribution in [0.4, 0.5) is 0 Å². The Balaban J connectivity index is 2.82. The Morgan fingerprint density at radius 1 is 1.73 bits per heavy atom. The van der Waals surface area contributed by atoms with Gasteiger partial charge in [-0.15, -0.1) is 0 Å². The van der Waals surface area contributed by atoms with Crippen LogP contribution in [0.3, 0.4) is 0 Å². The second-order valence-corrected chi connectivity index (χ2v) is 2.28. The molecule has 0 amide bonds. The summed E-state index contributed by atoms with van der Waals surface area (Å²) in [4.78, 5) is 13.2. The summed E-state index contributed by atoms with van der Waals surface area (Å²) in [6, 6.07) is 1.81. The molecule has 0 saturated heterocycles. The van der Waals surface area contributed by atoms with Gasteiger partial charge in [0.25, 0.3) is 0 Å². The summed E-state index contributed by atoms with van der Waals surface area (Å²) in [6.45, 7) is 1.56. The third-order valence-electron chi connectivity index (χ3n) is 1.34. The Labute approximate surface area is 64.4 Å². The van der Waals surface area contributed by atoms with Gasteiger partial charge in [0.05, 0.1) is 0 Å². The van der Waals surface area contributed by atoms with Crippen LogP contribution in [0.15, 0.2) is 24.0 Å². The lowest BCUT2D eigenvalue weighted by Crippen LogP contribution is -1.94. The highest BCUT2D eigenvalue weighted by molar-refractivity contribution is 5.91. The zero-order valence-corrected chi connectivity index (χ0v) is 6.16. The number of aromatic nitrogens is 1. The number of aromatic amines is 1. The van der Waals surface area contributed by atoms with E-state index < -0.39 is 5.97 Å². The maximum absolute atomic E-state index is 10.3. The molecule has 0 aromatic carbocycles. The molecular formula is C8H9NO2. The fraction of sp³-hybridized carbons (Fsp3) is 0.125. The van der Waals surface area contributed by atoms with E-state index in [1.165, 1.54) is 0 Å². The summed E-state index contributed by atoms with van der Waals surface area (Å²) < 4.78 is 0. The number of H-pyrrole nitrogens is 1. The van der Waals surface area contributed by atoms with Gasteiger partial charge in [-0.1, -0.05) is 0 Å². The highest BCUT2D eigenvalue weighted by Gasteiger charge is 1.98. The predicted octanol–water partition coefficient (Wildman–Crippen LogP) is 1.50. The molecule has 3 nitrogen and oxygen atoms in total. The van der Waals surface area contributed by atoms with Crippen molar-refractivity contribution >= 4 is 12.0 Å². The fourth-order valence-electron chi connectivity index (χ4n) is 0.738. The monoisotopic (exact) mass is 151 g/mol. The van der Waals surface area contributed by atoms with Crippen molar-refractivity contribution in [2.24, 2.45) is 0 Å². The van der Waals surface area contributed by atoms with E-state index >= 15 is 0 Å². The highest BCUT2D eigenvalue weighted by Crippen LogP contribution is 2.04. The van der Waals surface area contributed by atoms with Crippen molar-refractivity contribution < 1.29 is 9.90 Å². The smallest absolute Gasteiger partial charge is 0.331 e. The average molecular weight is 151 g/mol. The summed E-state index contributed by atoms with van der Waals surface area (Å²) in [5, 5.41) is 8.50. The summed E-state index contributed by atoms with van der Waals surface area (Å²) in [5.74, 6) is -0.883. The van der Waals surface area contributed by atoms with Crippen LogP contribution < -0.4 is 0 Å². The van der Waals surface area contributed by atoms with Crippen molar-refractivity contribution in [1.29, 1.82) is 0 Å². The largest absolute Gasteiger partial charge is 0.478 e. The molecule has 0 spiro atoms. The second kappa shape index (κ2) is 3.05. The third-order valence-corrected chi connectivity index (χ3v) is 1.34. The first kappa shape index (κ1) is 7.60. The molecule has 1 aromatic heterocycles. The highest BCUT2D eigenvalue weighted by atomic mass is 16.4. The number of hydrogen-bond acceptors (Lipinski definition) is 1. The number of carboxylic acids is 1. The standard InChI is InChI=1S/C8H9NO2/c1-6(8(10)11)4-7-2-3-9-5-7/h2-5,9H,1H3,(H,10,11). The molecule has 0 atom stereocenters. The summed E-state index contributed by atoms with van der Waals surface area (Å²) in [5.41, 5.74) is 1.22. The van der Waals surface area contributed by atoms with Crippen molar-refractivity contribution in [3.05, 3.63) is 29.6 Å². The summed E-state index contributed by atoms with van der Waals surface area (Å²) in [7, 11) is 0. The molecule has 0 aliphatic rings. The van der Waals surface area contributed by atoms with Crippen LogP contribution in [0.25, 0.3) is 6.08 Å². The lowest BCUT2D eigenvalue weighted by molar-refractivity contribution is -0.132. The van der Waals surface area contributed by atoms with E-state index in [4.69, 9.17) is 5.11 Å². The van der Waals surface area contributed by atoms with Crippen LogP contribution in [0.1, 0.15) is 12.5 Å². The van der Waals surface area contributed by atoms with E-state index in [0.717, 1.165) is 5.56 Å². The normalized spacial score (nSPS) is 11.5. The Hall–Kier alpha value is -1.51. The van der Waals surface area contributed by atoms with E-state index in [2.05, 4.69) is 4.98 Å². The van der Waals surface area contributed by atoms with Gasteiger partial charge in [0.15, 0.2) is 0 Å². The van der Waals surface area contributed by atoms with E-state index in [1.54, 1.807) is 25.4 Å². The van der Waals surface area contributed by atoms with Crippen molar-refractivity contribution in [3.8, 4) is 0 Å². The van der Waals surface area contributed by atoms with Gasteiger partial charge < -0.3 is 10.1 Å². The van der Waals surface area contributed by atoms with Gasteiger partial charge in [-0.2, -0.15) is 0 Å². The number of aliphatic carboxylic acids is 1. The first-order valence-electron chi connectivity index (χ1n) is 3.24. The number of hydrogen-bond donors (Lipinski definition) is 2. The first-order valence-corrected chi connectivity index (χ1v) is 3.24. The van der Waals surface area contributed by atoms with Gasteiger partial charge in [-0.3, -0.25) is 0 Å². The average Bonchev–Trinajstić information content (AvgIpc) is 2.39. The Bertz CT molecular complexity index is 272. The Morgan fingerprint density at radius 3 is 2.91 bits per heavy atom.